The third-order valence-electron chi connectivity index (χ3n) is 2.83. The monoisotopic (exact) mass is 352 g/mol. The Morgan fingerprint density at radius 1 is 1.26 bits per heavy atom. The lowest BCUT2D eigenvalue weighted by atomic mass is 10.2. The van der Waals surface area contributed by atoms with Gasteiger partial charge in [0, 0.05) is 17.4 Å². The van der Waals surface area contributed by atoms with Gasteiger partial charge < -0.3 is 9.55 Å². The average Bonchev–Trinajstić information content (AvgIpc) is 2.58. The molecule has 2 nitrogen and oxygen atoms in total. The number of aryl methyl sites for hydroxylation is 1. The van der Waals surface area contributed by atoms with E-state index in [9.17, 15) is 13.2 Å². The van der Waals surface area contributed by atoms with Crippen LogP contribution in [0.2, 0.25) is 0 Å². The van der Waals surface area contributed by atoms with Crippen molar-refractivity contribution in [2.45, 2.75) is 32.0 Å². The molecular weight excluding hydrogens is 341 g/mol. The van der Waals surface area contributed by atoms with E-state index in [0.717, 1.165) is 15.5 Å². The predicted molar refractivity (Wildman–Crippen MR) is 74.7 cm³/mol. The van der Waals surface area contributed by atoms with Gasteiger partial charge in [-0.15, -0.1) is 0 Å². The van der Waals surface area contributed by atoms with Gasteiger partial charge in [-0.25, -0.2) is 0 Å². The number of nitrogens with one attached hydrogen (secondary N) is 1. The van der Waals surface area contributed by atoms with E-state index in [1.165, 1.54) is 0 Å². The van der Waals surface area contributed by atoms with Gasteiger partial charge in [0.05, 0.1) is 11.0 Å². The number of nitrogens with zero attached hydrogens (tertiary/aromatic N) is 1. The molecule has 0 bridgehead atoms. The van der Waals surface area contributed by atoms with E-state index in [4.69, 9.17) is 12.2 Å². The highest BCUT2D eigenvalue weighted by atomic mass is 79.9. The van der Waals surface area contributed by atoms with Gasteiger partial charge in [0.2, 0.25) is 0 Å². The van der Waals surface area contributed by atoms with Crippen LogP contribution in [0.3, 0.4) is 0 Å². The zero-order chi connectivity index (χ0) is 14.0. The first-order chi connectivity index (χ1) is 8.87. The van der Waals surface area contributed by atoms with Crippen LogP contribution in [0.5, 0.6) is 0 Å². The molecule has 0 spiro atoms. The quantitative estimate of drug-likeness (QED) is 0.592. The molecule has 0 radical (unpaired) electrons. The van der Waals surface area contributed by atoms with Crippen LogP contribution in [0.4, 0.5) is 13.2 Å². The van der Waals surface area contributed by atoms with E-state index in [-0.39, 0.29) is 6.42 Å². The van der Waals surface area contributed by atoms with E-state index in [0.29, 0.717) is 17.7 Å². The Hall–Kier alpha value is -0.820. The number of alkyl halides is 3. The van der Waals surface area contributed by atoms with Crippen LogP contribution in [0.25, 0.3) is 11.0 Å². The zero-order valence-corrected chi connectivity index (χ0v) is 12.3. The normalized spacial score (nSPS) is 12.2. The molecule has 19 heavy (non-hydrogen) atoms. The number of fused-ring (bicyclic) bond motifs is 1. The second-order valence-electron chi connectivity index (χ2n) is 4.32. The SMILES string of the molecule is FC(F)(F)CCCCn1c(=S)[nH]c2cc(Br)ccc21. The van der Waals surface area contributed by atoms with Gasteiger partial charge in [-0.3, -0.25) is 0 Å². The first-order valence-electron chi connectivity index (χ1n) is 5.82. The lowest BCUT2D eigenvalue weighted by Crippen LogP contribution is -2.07. The van der Waals surface area contributed by atoms with E-state index < -0.39 is 12.6 Å². The number of unbranched alkanes of at least 4 members (excludes halogenated alkanes) is 1. The highest BCUT2D eigenvalue weighted by Crippen LogP contribution is 2.23. The molecule has 0 atom stereocenters. The number of aromatic nitrogens is 2. The fraction of sp³-hybridized carbons (Fsp3) is 0.417. The van der Waals surface area contributed by atoms with Crippen molar-refractivity contribution in [2.75, 3.05) is 0 Å². The van der Waals surface area contributed by atoms with Crippen molar-refractivity contribution >= 4 is 39.2 Å². The summed E-state index contributed by atoms with van der Waals surface area (Å²) in [6, 6.07) is 5.68. The molecule has 2 aromatic rings. The lowest BCUT2D eigenvalue weighted by molar-refractivity contribution is -0.135. The zero-order valence-electron chi connectivity index (χ0n) is 9.93. The Kier molecular flexibility index (Phi) is 4.35. The fourth-order valence-corrected chi connectivity index (χ4v) is 2.61. The molecule has 1 aromatic heterocycles. The van der Waals surface area contributed by atoms with E-state index in [1.807, 2.05) is 22.8 Å². The van der Waals surface area contributed by atoms with Crippen molar-refractivity contribution in [2.24, 2.45) is 0 Å². The first kappa shape index (κ1) is 14.6. The van der Waals surface area contributed by atoms with Gasteiger partial charge in [-0.2, -0.15) is 13.2 Å². The van der Waals surface area contributed by atoms with Crippen LogP contribution >= 0.6 is 28.1 Å². The number of hydrogen-bond acceptors (Lipinski definition) is 1. The molecule has 0 amide bonds. The minimum atomic E-state index is -4.08. The summed E-state index contributed by atoms with van der Waals surface area (Å²) in [5.74, 6) is 0. The molecule has 1 heterocycles. The Bertz CT molecular complexity index is 630. The third-order valence-corrected chi connectivity index (χ3v) is 3.64. The molecule has 0 aliphatic rings. The van der Waals surface area contributed by atoms with Gasteiger partial charge in [0.15, 0.2) is 4.77 Å². The van der Waals surface area contributed by atoms with E-state index in [2.05, 4.69) is 20.9 Å². The molecule has 2 rings (SSSR count). The highest BCUT2D eigenvalue weighted by molar-refractivity contribution is 9.10. The van der Waals surface area contributed by atoms with Crippen LogP contribution < -0.4 is 0 Å². The number of rotatable bonds is 4. The summed E-state index contributed by atoms with van der Waals surface area (Å²) in [5.41, 5.74) is 1.80. The van der Waals surface area contributed by atoms with Crippen molar-refractivity contribution < 1.29 is 13.2 Å². The van der Waals surface area contributed by atoms with Gasteiger partial charge in [0.25, 0.3) is 0 Å². The van der Waals surface area contributed by atoms with Crippen LogP contribution in [-0.4, -0.2) is 15.7 Å². The second-order valence-corrected chi connectivity index (χ2v) is 5.62. The summed E-state index contributed by atoms with van der Waals surface area (Å²) >= 11 is 8.55. The predicted octanol–water partition coefficient (Wildman–Crippen LogP) is 5.19. The van der Waals surface area contributed by atoms with Crippen molar-refractivity contribution in [1.29, 1.82) is 0 Å². The first-order valence-corrected chi connectivity index (χ1v) is 7.02. The number of H-pyrrole nitrogens is 1. The van der Waals surface area contributed by atoms with Gasteiger partial charge in [-0.1, -0.05) is 15.9 Å². The molecule has 0 aliphatic heterocycles. The maximum absolute atomic E-state index is 12.1. The number of aromatic amines is 1. The molecule has 1 aromatic carbocycles. The van der Waals surface area contributed by atoms with Crippen molar-refractivity contribution in [1.82, 2.24) is 9.55 Å². The average molecular weight is 353 g/mol. The van der Waals surface area contributed by atoms with E-state index in [1.54, 1.807) is 0 Å². The minimum absolute atomic E-state index is 0.120. The molecule has 0 saturated carbocycles. The maximum Gasteiger partial charge on any atom is 0.389 e. The number of hydrogen-bond donors (Lipinski definition) is 1. The molecule has 0 fully saturated rings. The smallest absolute Gasteiger partial charge is 0.331 e. The van der Waals surface area contributed by atoms with Gasteiger partial charge in [-0.05, 0) is 43.3 Å². The van der Waals surface area contributed by atoms with Gasteiger partial charge >= 0.3 is 6.18 Å². The Morgan fingerprint density at radius 3 is 2.68 bits per heavy atom. The molecule has 0 saturated heterocycles. The third kappa shape index (κ3) is 3.82. The number of halogens is 4. The summed E-state index contributed by atoms with van der Waals surface area (Å²) in [7, 11) is 0. The molecule has 104 valence electrons. The minimum Gasteiger partial charge on any atom is -0.331 e. The number of imidazole rings is 1. The molecule has 1 N–H and O–H groups in total. The van der Waals surface area contributed by atoms with E-state index >= 15 is 0 Å². The van der Waals surface area contributed by atoms with Crippen LogP contribution in [0.1, 0.15) is 19.3 Å². The summed E-state index contributed by atoms with van der Waals surface area (Å²) in [4.78, 5) is 3.05. The van der Waals surface area contributed by atoms with Crippen molar-refractivity contribution in [3.63, 3.8) is 0 Å². The van der Waals surface area contributed by atoms with Crippen molar-refractivity contribution in [3.05, 3.63) is 27.4 Å². The topological polar surface area (TPSA) is 20.7 Å². The van der Waals surface area contributed by atoms with Crippen LogP contribution in [0, 0.1) is 4.77 Å². The maximum atomic E-state index is 12.1. The summed E-state index contributed by atoms with van der Waals surface area (Å²) in [5, 5.41) is 0. The fourth-order valence-electron chi connectivity index (χ4n) is 1.95. The lowest BCUT2D eigenvalue weighted by Gasteiger charge is -2.07. The van der Waals surface area contributed by atoms with Crippen LogP contribution in [-0.2, 0) is 6.54 Å². The molecule has 0 unspecified atom stereocenters. The van der Waals surface area contributed by atoms with Gasteiger partial charge in [0.1, 0.15) is 0 Å². The largest absolute Gasteiger partial charge is 0.389 e. The standard InChI is InChI=1S/C12H12BrF3N2S/c13-8-3-4-10-9(7-8)17-11(19)18(10)6-2-1-5-12(14,15)16/h3-4,7H,1-2,5-6H2,(H,17,19). The highest BCUT2D eigenvalue weighted by Gasteiger charge is 2.25. The molecule has 7 heteroatoms. The molecular formula is C12H12BrF3N2S. The summed E-state index contributed by atoms with van der Waals surface area (Å²) in [6.45, 7) is 0.497. The Balaban J connectivity index is 2.09. The second kappa shape index (κ2) is 5.66. The van der Waals surface area contributed by atoms with Crippen molar-refractivity contribution in [3.8, 4) is 0 Å². The van der Waals surface area contributed by atoms with Crippen LogP contribution in [0.15, 0.2) is 22.7 Å². The number of benzene rings is 1. The Labute approximate surface area is 121 Å². The Morgan fingerprint density at radius 2 is 2.00 bits per heavy atom. The summed E-state index contributed by atoms with van der Waals surface area (Å²) < 4.78 is 39.5. The molecule has 0 aliphatic carbocycles. The summed E-state index contributed by atoms with van der Waals surface area (Å²) in [6.07, 6.45) is -4.24.